The average molecular weight is 155 g/mol. The molecule has 0 aliphatic rings. The van der Waals surface area contributed by atoms with E-state index in [2.05, 4.69) is 9.47 Å². The first-order valence-electron chi connectivity index (χ1n) is 2.29. The molecule has 0 N–H and O–H groups in total. The Morgan fingerprint density at radius 2 is 1.40 bits per heavy atom. The topological polar surface area (TPSA) is 52.6 Å². The van der Waals surface area contributed by atoms with Gasteiger partial charge in [0.2, 0.25) is 0 Å². The molecule has 0 aromatic carbocycles. The van der Waals surface area contributed by atoms with Gasteiger partial charge >= 0.3 is 48.3 Å². The Bertz CT molecular complexity index is 109. The first-order valence-corrected chi connectivity index (χ1v) is 2.29. The van der Waals surface area contributed by atoms with Crippen LogP contribution in [0.15, 0.2) is 0 Å². The van der Waals surface area contributed by atoms with E-state index in [1.54, 1.807) is 0 Å². The van der Waals surface area contributed by atoms with Crippen LogP contribution in [0.2, 0.25) is 0 Å². The zero-order valence-electron chi connectivity index (χ0n) is 5.21. The van der Waals surface area contributed by atoms with E-state index >= 15 is 0 Å². The molecule has 0 aliphatic heterocycles. The summed E-state index contributed by atoms with van der Waals surface area (Å²) in [4.78, 5) is 20.0. The molecule has 1 radical (unpaired) electrons. The predicted molar refractivity (Wildman–Crippen MR) is 35.0 cm³/mol. The third kappa shape index (κ3) is 10.8. The number of rotatable bonds is 2. The molecule has 4 nitrogen and oxygen atoms in total. The van der Waals surface area contributed by atoms with E-state index < -0.39 is 11.9 Å². The molecule has 0 aliphatic carbocycles. The molecule has 0 bridgehead atoms. The van der Waals surface area contributed by atoms with Crippen LogP contribution in [-0.4, -0.2) is 41.5 Å². The van der Waals surface area contributed by atoms with Crippen LogP contribution in [0.1, 0.15) is 13.8 Å². The first-order chi connectivity index (χ1) is 4.13. The van der Waals surface area contributed by atoms with E-state index in [9.17, 15) is 9.59 Å². The number of esters is 2. The van der Waals surface area contributed by atoms with Gasteiger partial charge < -0.3 is 9.47 Å². The predicted octanol–water partition coefficient (Wildman–Crippen LogP) is -0.417. The molecule has 10 heavy (non-hydrogen) atoms. The SMILES string of the molecule is CC(=O)O[CH]OC(C)=O.[NaH]. The fraction of sp³-hybridized carbons (Fsp3) is 0.400. The molecule has 0 spiro atoms. The van der Waals surface area contributed by atoms with Gasteiger partial charge in [-0.05, 0) is 0 Å². The van der Waals surface area contributed by atoms with Crippen molar-refractivity contribution in [3.8, 4) is 0 Å². The molecule has 0 rings (SSSR count). The zero-order valence-corrected chi connectivity index (χ0v) is 5.21. The maximum absolute atomic E-state index is 9.98. The van der Waals surface area contributed by atoms with Gasteiger partial charge in [0, 0.05) is 13.8 Å². The third-order valence-electron chi connectivity index (χ3n) is 0.428. The molecular weight excluding hydrogens is 147 g/mol. The van der Waals surface area contributed by atoms with Crippen molar-refractivity contribution < 1.29 is 19.1 Å². The van der Waals surface area contributed by atoms with E-state index in [-0.39, 0.29) is 29.6 Å². The molecule has 0 aromatic rings. The van der Waals surface area contributed by atoms with Crippen molar-refractivity contribution in [2.75, 3.05) is 0 Å². The zero-order chi connectivity index (χ0) is 7.28. The van der Waals surface area contributed by atoms with Crippen molar-refractivity contribution in [1.29, 1.82) is 0 Å². The Hall–Kier alpha value is -0.0600. The second kappa shape index (κ2) is 7.05. The summed E-state index contributed by atoms with van der Waals surface area (Å²) in [5.74, 6) is -1.03. The van der Waals surface area contributed by atoms with Crippen LogP contribution in [0.5, 0.6) is 0 Å². The van der Waals surface area contributed by atoms with Crippen LogP contribution in [-0.2, 0) is 19.1 Å². The Morgan fingerprint density at radius 3 is 1.60 bits per heavy atom. The van der Waals surface area contributed by atoms with Crippen molar-refractivity contribution in [3.05, 3.63) is 6.79 Å². The van der Waals surface area contributed by atoms with E-state index in [1.807, 2.05) is 0 Å². The van der Waals surface area contributed by atoms with Gasteiger partial charge in [-0.15, -0.1) is 0 Å². The number of carbonyl (C=O) groups is 2. The molecule has 0 saturated carbocycles. The minimum absolute atomic E-state index is 0. The van der Waals surface area contributed by atoms with Crippen LogP contribution < -0.4 is 0 Å². The monoisotopic (exact) mass is 155 g/mol. The molecule has 0 aromatic heterocycles. The standard InChI is InChI=1S/C5H7O4.Na.H/c1-4(6)8-3-9-5(2)7;;/h3H,1-2H3;;. The second-order valence-corrected chi connectivity index (χ2v) is 1.32. The van der Waals surface area contributed by atoms with Crippen LogP contribution in [0.25, 0.3) is 0 Å². The molecule has 0 fully saturated rings. The van der Waals surface area contributed by atoms with E-state index in [0.717, 1.165) is 0 Å². The van der Waals surface area contributed by atoms with Crippen molar-refractivity contribution in [2.24, 2.45) is 0 Å². The Kier molecular flexibility index (Phi) is 8.89. The summed E-state index contributed by atoms with van der Waals surface area (Å²) in [6.45, 7) is 3.12. The number of ether oxygens (including phenoxy) is 2. The summed E-state index contributed by atoms with van der Waals surface area (Å²) in [5, 5.41) is 0. The van der Waals surface area contributed by atoms with E-state index in [4.69, 9.17) is 0 Å². The summed E-state index contributed by atoms with van der Waals surface area (Å²) in [7, 11) is 0. The number of hydrogen-bond donors (Lipinski definition) is 0. The van der Waals surface area contributed by atoms with Gasteiger partial charge in [-0.3, -0.25) is 9.59 Å². The van der Waals surface area contributed by atoms with Gasteiger partial charge in [0.1, 0.15) is 0 Å². The summed E-state index contributed by atoms with van der Waals surface area (Å²) in [6.07, 6.45) is 0. The maximum atomic E-state index is 9.98. The normalized spacial score (nSPS) is 7.40. The van der Waals surface area contributed by atoms with Crippen molar-refractivity contribution in [1.82, 2.24) is 0 Å². The van der Waals surface area contributed by atoms with Gasteiger partial charge in [-0.25, -0.2) is 0 Å². The van der Waals surface area contributed by atoms with Crippen LogP contribution in [0.3, 0.4) is 0 Å². The number of hydrogen-bond acceptors (Lipinski definition) is 4. The summed E-state index contributed by atoms with van der Waals surface area (Å²) >= 11 is 0. The van der Waals surface area contributed by atoms with Gasteiger partial charge in [-0.1, -0.05) is 0 Å². The van der Waals surface area contributed by atoms with Gasteiger partial charge in [0.05, 0.1) is 0 Å². The summed E-state index contributed by atoms with van der Waals surface area (Å²) in [5.41, 5.74) is 0. The number of carbonyl (C=O) groups excluding carboxylic acids is 2. The van der Waals surface area contributed by atoms with Gasteiger partial charge in [-0.2, -0.15) is 0 Å². The van der Waals surface area contributed by atoms with Crippen molar-refractivity contribution >= 4 is 41.5 Å². The quantitative estimate of drug-likeness (QED) is 0.401. The van der Waals surface area contributed by atoms with Gasteiger partial charge in [0.25, 0.3) is 0 Å². The van der Waals surface area contributed by atoms with Crippen LogP contribution in [0.4, 0.5) is 0 Å². The van der Waals surface area contributed by atoms with E-state index in [1.165, 1.54) is 13.8 Å². The molecule has 0 unspecified atom stereocenters. The second-order valence-electron chi connectivity index (χ2n) is 1.32. The molecule has 0 saturated heterocycles. The molecule has 5 heteroatoms. The minimum atomic E-state index is -0.517. The van der Waals surface area contributed by atoms with Crippen LogP contribution in [0, 0.1) is 6.79 Å². The van der Waals surface area contributed by atoms with Crippen molar-refractivity contribution in [3.63, 3.8) is 0 Å². The fourth-order valence-corrected chi connectivity index (χ4v) is 0.160. The van der Waals surface area contributed by atoms with Crippen LogP contribution >= 0.6 is 0 Å². The molecule has 53 valence electrons. The molecular formula is C5H8NaO4. The third-order valence-corrected chi connectivity index (χ3v) is 0.428. The summed E-state index contributed by atoms with van der Waals surface area (Å²) in [6, 6.07) is 0. The fourth-order valence-electron chi connectivity index (χ4n) is 0.160. The molecule has 0 heterocycles. The van der Waals surface area contributed by atoms with Gasteiger partial charge in [0.15, 0.2) is 0 Å². The Morgan fingerprint density at radius 1 is 1.10 bits per heavy atom. The molecule has 0 atom stereocenters. The van der Waals surface area contributed by atoms with Crippen molar-refractivity contribution in [2.45, 2.75) is 13.8 Å². The molecule has 0 amide bonds. The van der Waals surface area contributed by atoms with E-state index in [0.29, 0.717) is 6.79 Å². The Labute approximate surface area is 81.2 Å². The summed E-state index contributed by atoms with van der Waals surface area (Å²) < 4.78 is 8.29. The average Bonchev–Trinajstić information content (AvgIpc) is 1.63. The Balaban J connectivity index is 0. The first kappa shape index (κ1) is 12.6.